The molecule has 1 unspecified atom stereocenters. The molecular weight excluding hydrogens is 320 g/mol. The molecule has 0 aliphatic heterocycles. The molecule has 1 aromatic heterocycles. The van der Waals surface area contributed by atoms with Gasteiger partial charge in [-0.25, -0.2) is 13.1 Å². The Balaban J connectivity index is 2.22. The van der Waals surface area contributed by atoms with Crippen LogP contribution >= 0.6 is 0 Å². The summed E-state index contributed by atoms with van der Waals surface area (Å²) in [5.74, 6) is 0.135. The van der Waals surface area contributed by atoms with E-state index in [0.29, 0.717) is 12.2 Å². The molecule has 0 saturated heterocycles. The van der Waals surface area contributed by atoms with Crippen molar-refractivity contribution in [3.63, 3.8) is 0 Å². The van der Waals surface area contributed by atoms with E-state index in [9.17, 15) is 13.2 Å². The van der Waals surface area contributed by atoms with E-state index in [0.717, 1.165) is 0 Å². The minimum absolute atomic E-state index is 0.00839. The molecule has 0 aliphatic rings. The lowest BCUT2D eigenvalue weighted by Crippen LogP contribution is -2.34. The van der Waals surface area contributed by atoms with Crippen molar-refractivity contribution in [1.29, 1.82) is 0 Å². The zero-order valence-electron chi connectivity index (χ0n) is 12.8. The number of furan rings is 1. The molecule has 0 saturated carbocycles. The number of hydrogen-bond acceptors (Lipinski definition) is 5. The third-order valence-electron chi connectivity index (χ3n) is 3.19. The molecule has 0 aliphatic carbocycles. The number of primary amides is 1. The van der Waals surface area contributed by atoms with Crippen LogP contribution in [-0.4, -0.2) is 27.5 Å². The van der Waals surface area contributed by atoms with Crippen molar-refractivity contribution in [2.24, 2.45) is 5.73 Å². The molecule has 3 N–H and O–H groups in total. The quantitative estimate of drug-likeness (QED) is 0.790. The van der Waals surface area contributed by atoms with Gasteiger partial charge in [0.05, 0.1) is 23.8 Å². The normalized spacial score (nSPS) is 12.8. The Labute approximate surface area is 134 Å². The predicted molar refractivity (Wildman–Crippen MR) is 83.7 cm³/mol. The van der Waals surface area contributed by atoms with Crippen molar-refractivity contribution < 1.29 is 22.4 Å². The number of rotatable bonds is 7. The molecule has 0 fully saturated rings. The molecule has 23 heavy (non-hydrogen) atoms. The van der Waals surface area contributed by atoms with E-state index in [1.165, 1.54) is 31.6 Å². The maximum atomic E-state index is 12.4. The highest BCUT2D eigenvalue weighted by molar-refractivity contribution is 7.89. The highest BCUT2D eigenvalue weighted by atomic mass is 32.2. The lowest BCUT2D eigenvalue weighted by atomic mass is 10.2. The Kier molecular flexibility index (Phi) is 5.07. The highest BCUT2D eigenvalue weighted by Crippen LogP contribution is 2.22. The van der Waals surface area contributed by atoms with Gasteiger partial charge in [-0.05, 0) is 37.3 Å². The Bertz CT molecular complexity index is 784. The van der Waals surface area contributed by atoms with Crippen molar-refractivity contribution in [3.05, 3.63) is 47.9 Å². The summed E-state index contributed by atoms with van der Waals surface area (Å²) in [4.78, 5) is 11.4. The summed E-state index contributed by atoms with van der Waals surface area (Å²) >= 11 is 0. The van der Waals surface area contributed by atoms with Gasteiger partial charge in [-0.15, -0.1) is 0 Å². The molecule has 0 spiro atoms. The summed E-state index contributed by atoms with van der Waals surface area (Å²) in [6.45, 7) is 1.72. The SMILES string of the molecule is COc1ccc(S(=O)(=O)NC(C)Cc2ccco2)cc1C(N)=O. The number of carbonyl (C=O) groups is 1. The van der Waals surface area contributed by atoms with E-state index in [2.05, 4.69) is 4.72 Å². The van der Waals surface area contributed by atoms with Gasteiger partial charge < -0.3 is 14.9 Å². The van der Waals surface area contributed by atoms with Crippen molar-refractivity contribution >= 4 is 15.9 Å². The third-order valence-corrected chi connectivity index (χ3v) is 4.78. The summed E-state index contributed by atoms with van der Waals surface area (Å²) < 4.78 is 37.5. The number of nitrogens with one attached hydrogen (secondary N) is 1. The van der Waals surface area contributed by atoms with Crippen LogP contribution in [0.1, 0.15) is 23.0 Å². The van der Waals surface area contributed by atoms with E-state index >= 15 is 0 Å². The fourth-order valence-corrected chi connectivity index (χ4v) is 3.42. The van der Waals surface area contributed by atoms with Crippen LogP contribution in [0.5, 0.6) is 5.75 Å². The Morgan fingerprint density at radius 2 is 2.13 bits per heavy atom. The summed E-state index contributed by atoms with van der Waals surface area (Å²) in [7, 11) is -2.42. The first-order valence-electron chi connectivity index (χ1n) is 6.86. The molecule has 2 rings (SSSR count). The van der Waals surface area contributed by atoms with Crippen LogP contribution in [0, 0.1) is 0 Å². The number of nitrogens with two attached hydrogens (primary N) is 1. The van der Waals surface area contributed by atoms with E-state index < -0.39 is 15.9 Å². The van der Waals surface area contributed by atoms with Crippen molar-refractivity contribution in [2.75, 3.05) is 7.11 Å². The van der Waals surface area contributed by atoms with E-state index in [1.54, 1.807) is 19.1 Å². The number of hydrogen-bond donors (Lipinski definition) is 2. The van der Waals surface area contributed by atoms with Crippen molar-refractivity contribution in [3.8, 4) is 5.75 Å². The fourth-order valence-electron chi connectivity index (χ4n) is 2.15. The Hall–Kier alpha value is -2.32. The smallest absolute Gasteiger partial charge is 0.252 e. The minimum atomic E-state index is -3.80. The van der Waals surface area contributed by atoms with Crippen molar-refractivity contribution in [1.82, 2.24) is 4.72 Å². The molecule has 1 amide bonds. The predicted octanol–water partition coefficient (Wildman–Crippen LogP) is 1.30. The first kappa shape index (κ1) is 17.0. The lowest BCUT2D eigenvalue weighted by Gasteiger charge is -2.14. The maximum absolute atomic E-state index is 12.4. The summed E-state index contributed by atoms with van der Waals surface area (Å²) in [5.41, 5.74) is 5.26. The second kappa shape index (κ2) is 6.84. The van der Waals surface area contributed by atoms with Gasteiger partial charge in [0, 0.05) is 12.5 Å². The second-order valence-electron chi connectivity index (χ2n) is 5.03. The number of methoxy groups -OCH3 is 1. The third kappa shape index (κ3) is 4.11. The van der Waals surface area contributed by atoms with Crippen LogP contribution in [-0.2, 0) is 16.4 Å². The van der Waals surface area contributed by atoms with Gasteiger partial charge in [0.25, 0.3) is 5.91 Å². The maximum Gasteiger partial charge on any atom is 0.252 e. The standard InChI is InChI=1S/C15H18N2O5S/c1-10(8-11-4-3-7-22-11)17-23(19,20)12-5-6-14(21-2)13(9-12)15(16)18/h3-7,9-10,17H,8H2,1-2H3,(H2,16,18). The molecule has 1 atom stereocenters. The van der Waals surface area contributed by atoms with Crippen LogP contribution in [0.3, 0.4) is 0 Å². The average molecular weight is 338 g/mol. The topological polar surface area (TPSA) is 112 Å². The summed E-state index contributed by atoms with van der Waals surface area (Å²) in [6.07, 6.45) is 1.93. The zero-order valence-corrected chi connectivity index (χ0v) is 13.6. The molecule has 2 aromatic rings. The number of sulfonamides is 1. The zero-order chi connectivity index (χ0) is 17.0. The van der Waals surface area contributed by atoms with E-state index in [4.69, 9.17) is 14.9 Å². The van der Waals surface area contributed by atoms with E-state index in [1.807, 2.05) is 0 Å². The van der Waals surface area contributed by atoms with Crippen LogP contribution in [0.15, 0.2) is 45.9 Å². The molecule has 1 aromatic carbocycles. The molecule has 124 valence electrons. The number of amides is 1. The average Bonchev–Trinajstić information content (AvgIpc) is 2.98. The Morgan fingerprint density at radius 1 is 1.39 bits per heavy atom. The molecular formula is C15H18N2O5S. The van der Waals surface area contributed by atoms with Gasteiger partial charge in [0.2, 0.25) is 10.0 Å². The molecule has 1 heterocycles. The molecule has 0 bridgehead atoms. The summed E-state index contributed by atoms with van der Waals surface area (Å²) in [6, 6.07) is 7.07. The highest BCUT2D eigenvalue weighted by Gasteiger charge is 2.21. The largest absolute Gasteiger partial charge is 0.496 e. The van der Waals surface area contributed by atoms with Gasteiger partial charge in [-0.3, -0.25) is 4.79 Å². The van der Waals surface area contributed by atoms with Crippen LogP contribution < -0.4 is 15.2 Å². The van der Waals surface area contributed by atoms with Gasteiger partial charge in [-0.2, -0.15) is 0 Å². The van der Waals surface area contributed by atoms with Crippen molar-refractivity contribution in [2.45, 2.75) is 24.3 Å². The molecule has 8 heteroatoms. The summed E-state index contributed by atoms with van der Waals surface area (Å²) in [5, 5.41) is 0. The lowest BCUT2D eigenvalue weighted by molar-refractivity contribution is 0.0997. The monoisotopic (exact) mass is 338 g/mol. The van der Waals surface area contributed by atoms with E-state index in [-0.39, 0.29) is 22.3 Å². The first-order valence-corrected chi connectivity index (χ1v) is 8.34. The Morgan fingerprint density at radius 3 is 2.70 bits per heavy atom. The molecule has 7 nitrogen and oxygen atoms in total. The van der Waals surface area contributed by atoms with Crippen LogP contribution in [0.2, 0.25) is 0 Å². The fraction of sp³-hybridized carbons (Fsp3) is 0.267. The number of ether oxygens (including phenoxy) is 1. The minimum Gasteiger partial charge on any atom is -0.496 e. The second-order valence-corrected chi connectivity index (χ2v) is 6.75. The van der Waals surface area contributed by atoms with Crippen LogP contribution in [0.4, 0.5) is 0 Å². The van der Waals surface area contributed by atoms with Crippen LogP contribution in [0.25, 0.3) is 0 Å². The van der Waals surface area contributed by atoms with Gasteiger partial charge in [-0.1, -0.05) is 0 Å². The number of carbonyl (C=O) groups excluding carboxylic acids is 1. The van der Waals surface area contributed by atoms with Gasteiger partial charge in [0.1, 0.15) is 11.5 Å². The van der Waals surface area contributed by atoms with Gasteiger partial charge in [0.15, 0.2) is 0 Å². The number of benzene rings is 1. The van der Waals surface area contributed by atoms with Gasteiger partial charge >= 0.3 is 0 Å². The molecule has 0 radical (unpaired) electrons. The first-order chi connectivity index (χ1) is 10.8.